The molecule has 0 spiro atoms. The summed E-state index contributed by atoms with van der Waals surface area (Å²) in [6, 6.07) is 14.4. The van der Waals surface area contributed by atoms with Crippen molar-refractivity contribution < 1.29 is 14.6 Å². The number of nitrogens with one attached hydrogen (secondary N) is 1. The SMILES string of the molecule is COc1ccc(O)c(C=NNC(=O)CSc2nnc(C)n2-c2ccccc2)c1. The molecule has 28 heavy (non-hydrogen) atoms. The minimum atomic E-state index is -0.302. The molecule has 1 aromatic heterocycles. The highest BCUT2D eigenvalue weighted by Gasteiger charge is 2.13. The van der Waals surface area contributed by atoms with Gasteiger partial charge in [0, 0.05) is 11.3 Å². The van der Waals surface area contributed by atoms with Gasteiger partial charge in [-0.05, 0) is 37.3 Å². The smallest absolute Gasteiger partial charge is 0.250 e. The molecule has 0 aliphatic heterocycles. The second-order valence-corrected chi connectivity index (χ2v) is 6.65. The number of para-hydroxylation sites is 1. The molecule has 3 rings (SSSR count). The number of thioether (sulfide) groups is 1. The second-order valence-electron chi connectivity index (χ2n) is 5.71. The Morgan fingerprint density at radius 2 is 2.07 bits per heavy atom. The van der Waals surface area contributed by atoms with E-state index in [1.54, 1.807) is 12.1 Å². The van der Waals surface area contributed by atoms with Gasteiger partial charge in [-0.25, -0.2) is 5.43 Å². The zero-order chi connectivity index (χ0) is 19.9. The number of methoxy groups -OCH3 is 1. The number of aromatic hydroxyl groups is 1. The Hall–Kier alpha value is -3.33. The van der Waals surface area contributed by atoms with Gasteiger partial charge in [0.25, 0.3) is 5.91 Å². The number of aryl methyl sites for hydroxylation is 1. The predicted molar refractivity (Wildman–Crippen MR) is 107 cm³/mol. The molecule has 0 unspecified atom stereocenters. The number of carbonyl (C=O) groups is 1. The Bertz CT molecular complexity index is 988. The summed E-state index contributed by atoms with van der Waals surface area (Å²) in [6.07, 6.45) is 1.36. The van der Waals surface area contributed by atoms with Crippen LogP contribution in [0.1, 0.15) is 11.4 Å². The van der Waals surface area contributed by atoms with E-state index in [2.05, 4.69) is 20.7 Å². The molecule has 3 aromatic rings. The van der Waals surface area contributed by atoms with E-state index in [0.717, 1.165) is 11.5 Å². The minimum absolute atomic E-state index is 0.0413. The van der Waals surface area contributed by atoms with Crippen LogP contribution in [0.3, 0.4) is 0 Å². The maximum Gasteiger partial charge on any atom is 0.250 e. The molecule has 2 N–H and O–H groups in total. The monoisotopic (exact) mass is 397 g/mol. The van der Waals surface area contributed by atoms with Crippen LogP contribution in [-0.4, -0.2) is 44.9 Å². The summed E-state index contributed by atoms with van der Waals surface area (Å²) >= 11 is 1.26. The summed E-state index contributed by atoms with van der Waals surface area (Å²) < 4.78 is 6.98. The summed E-state index contributed by atoms with van der Waals surface area (Å²) in [4.78, 5) is 12.1. The Labute approximate surface area is 166 Å². The average Bonchev–Trinajstić information content (AvgIpc) is 3.09. The molecule has 9 heteroatoms. The first-order valence-electron chi connectivity index (χ1n) is 8.37. The summed E-state index contributed by atoms with van der Waals surface area (Å²) in [5, 5.41) is 22.5. The fraction of sp³-hybridized carbons (Fsp3) is 0.158. The largest absolute Gasteiger partial charge is 0.507 e. The topological polar surface area (TPSA) is 102 Å². The number of aromatic nitrogens is 3. The highest BCUT2D eigenvalue weighted by molar-refractivity contribution is 7.99. The lowest BCUT2D eigenvalue weighted by Gasteiger charge is -2.07. The summed E-state index contributed by atoms with van der Waals surface area (Å²) in [7, 11) is 1.53. The molecule has 2 aromatic carbocycles. The fourth-order valence-corrected chi connectivity index (χ4v) is 3.20. The Morgan fingerprint density at radius 3 is 2.82 bits per heavy atom. The number of phenols is 1. The normalized spacial score (nSPS) is 10.9. The van der Waals surface area contributed by atoms with Gasteiger partial charge in [0.2, 0.25) is 0 Å². The van der Waals surface area contributed by atoms with Crippen LogP contribution >= 0.6 is 11.8 Å². The van der Waals surface area contributed by atoms with Crippen LogP contribution in [0.25, 0.3) is 5.69 Å². The van der Waals surface area contributed by atoms with E-state index >= 15 is 0 Å². The molecule has 0 atom stereocenters. The third-order valence-corrected chi connectivity index (χ3v) is 4.70. The van der Waals surface area contributed by atoms with Gasteiger partial charge >= 0.3 is 0 Å². The molecule has 0 saturated carbocycles. The zero-order valence-corrected chi connectivity index (χ0v) is 16.2. The van der Waals surface area contributed by atoms with Crippen LogP contribution in [0.2, 0.25) is 0 Å². The van der Waals surface area contributed by atoms with Gasteiger partial charge in [-0.2, -0.15) is 5.10 Å². The molecular formula is C19H19N5O3S. The van der Waals surface area contributed by atoms with E-state index in [1.165, 1.54) is 31.2 Å². The molecule has 0 aliphatic carbocycles. The van der Waals surface area contributed by atoms with Crippen LogP contribution < -0.4 is 10.2 Å². The van der Waals surface area contributed by atoms with Gasteiger partial charge in [0.1, 0.15) is 17.3 Å². The number of hydrazone groups is 1. The number of rotatable bonds is 7. The highest BCUT2D eigenvalue weighted by Crippen LogP contribution is 2.22. The summed E-state index contributed by atoms with van der Waals surface area (Å²) in [5.41, 5.74) is 3.80. The Kier molecular flexibility index (Phi) is 6.28. The standard InChI is InChI=1S/C19H19N5O3S/c1-13-21-23-19(24(13)15-6-4-3-5-7-15)28-12-18(26)22-20-11-14-10-16(27-2)8-9-17(14)25/h3-11,25H,12H2,1-2H3,(H,22,26). The number of amides is 1. The lowest BCUT2D eigenvalue weighted by atomic mass is 10.2. The van der Waals surface area contributed by atoms with Crippen molar-refractivity contribution in [3.63, 3.8) is 0 Å². The Balaban J connectivity index is 1.60. The maximum atomic E-state index is 12.1. The molecule has 0 bridgehead atoms. The Morgan fingerprint density at radius 1 is 1.29 bits per heavy atom. The zero-order valence-electron chi connectivity index (χ0n) is 15.4. The van der Waals surface area contributed by atoms with Crippen molar-refractivity contribution in [3.8, 4) is 17.2 Å². The van der Waals surface area contributed by atoms with Crippen molar-refractivity contribution in [2.24, 2.45) is 5.10 Å². The third-order valence-electron chi connectivity index (χ3n) is 3.77. The van der Waals surface area contributed by atoms with E-state index in [9.17, 15) is 9.90 Å². The van der Waals surface area contributed by atoms with Crippen molar-refractivity contribution in [2.45, 2.75) is 12.1 Å². The van der Waals surface area contributed by atoms with Gasteiger partial charge in [0.05, 0.1) is 19.1 Å². The fourth-order valence-electron chi connectivity index (χ4n) is 2.41. The van der Waals surface area contributed by atoms with Gasteiger partial charge in [-0.15, -0.1) is 10.2 Å². The highest BCUT2D eigenvalue weighted by atomic mass is 32.2. The quantitative estimate of drug-likeness (QED) is 0.361. The van der Waals surface area contributed by atoms with Crippen molar-refractivity contribution in [2.75, 3.05) is 12.9 Å². The van der Waals surface area contributed by atoms with Crippen LogP contribution in [0.15, 0.2) is 58.8 Å². The van der Waals surface area contributed by atoms with E-state index in [-0.39, 0.29) is 17.4 Å². The third kappa shape index (κ3) is 4.68. The molecular weight excluding hydrogens is 378 g/mol. The molecule has 1 amide bonds. The number of phenolic OH excluding ortho intramolecular Hbond substituents is 1. The first-order chi connectivity index (χ1) is 13.6. The van der Waals surface area contributed by atoms with E-state index in [4.69, 9.17) is 4.74 Å². The van der Waals surface area contributed by atoms with Crippen LogP contribution in [-0.2, 0) is 4.79 Å². The maximum absolute atomic E-state index is 12.1. The lowest BCUT2D eigenvalue weighted by molar-refractivity contribution is -0.118. The number of nitrogens with zero attached hydrogens (tertiary/aromatic N) is 4. The van der Waals surface area contributed by atoms with Gasteiger partial charge in [0.15, 0.2) is 5.16 Å². The lowest BCUT2D eigenvalue weighted by Crippen LogP contribution is -2.20. The second kappa shape index (κ2) is 9.05. The molecule has 0 radical (unpaired) electrons. The molecule has 8 nitrogen and oxygen atoms in total. The van der Waals surface area contributed by atoms with Crippen molar-refractivity contribution in [1.82, 2.24) is 20.2 Å². The average molecular weight is 397 g/mol. The first kappa shape index (κ1) is 19.4. The number of ether oxygens (including phenoxy) is 1. The van der Waals surface area contributed by atoms with Crippen molar-refractivity contribution in [3.05, 3.63) is 59.9 Å². The molecule has 0 aliphatic rings. The van der Waals surface area contributed by atoms with E-state index in [1.807, 2.05) is 41.8 Å². The summed E-state index contributed by atoms with van der Waals surface area (Å²) in [5.74, 6) is 1.17. The van der Waals surface area contributed by atoms with Crippen molar-refractivity contribution in [1.29, 1.82) is 0 Å². The van der Waals surface area contributed by atoms with E-state index < -0.39 is 0 Å². The van der Waals surface area contributed by atoms with Gasteiger partial charge in [-0.3, -0.25) is 9.36 Å². The minimum Gasteiger partial charge on any atom is -0.507 e. The first-order valence-corrected chi connectivity index (χ1v) is 9.36. The van der Waals surface area contributed by atoms with Crippen LogP contribution in [0.4, 0.5) is 0 Å². The number of hydrogen-bond acceptors (Lipinski definition) is 7. The number of benzene rings is 2. The molecule has 1 heterocycles. The molecule has 0 fully saturated rings. The predicted octanol–water partition coefficient (Wildman–Crippen LogP) is 2.53. The molecule has 0 saturated heterocycles. The van der Waals surface area contributed by atoms with Crippen LogP contribution in [0.5, 0.6) is 11.5 Å². The van der Waals surface area contributed by atoms with Gasteiger partial charge in [-0.1, -0.05) is 30.0 Å². The summed E-state index contributed by atoms with van der Waals surface area (Å²) in [6.45, 7) is 1.86. The van der Waals surface area contributed by atoms with Crippen LogP contribution in [0, 0.1) is 6.92 Å². The number of hydrogen-bond donors (Lipinski definition) is 2. The van der Waals surface area contributed by atoms with E-state index in [0.29, 0.717) is 16.5 Å². The van der Waals surface area contributed by atoms with Crippen molar-refractivity contribution >= 4 is 23.9 Å². The van der Waals surface area contributed by atoms with Gasteiger partial charge < -0.3 is 9.84 Å². The molecule has 144 valence electrons. The number of carbonyl (C=O) groups excluding carboxylic acids is 1.